The van der Waals surface area contributed by atoms with Crippen molar-refractivity contribution < 1.29 is 14.3 Å². The lowest BCUT2D eigenvalue weighted by atomic mass is 10.1. The predicted octanol–water partition coefficient (Wildman–Crippen LogP) is 2.16. The minimum Gasteiger partial charge on any atom is -0.507 e. The molecule has 1 aliphatic rings. The molecule has 2 rings (SSSR count). The van der Waals surface area contributed by atoms with Crippen molar-refractivity contribution in [3.8, 4) is 5.75 Å². The molecule has 4 heteroatoms. The van der Waals surface area contributed by atoms with E-state index in [0.29, 0.717) is 6.54 Å². The highest BCUT2D eigenvalue weighted by Gasteiger charge is 2.27. The molecule has 0 aromatic heterocycles. The molecular formula is C12H14FNO2. The number of aromatic hydroxyl groups is 1. The lowest BCUT2D eigenvalue weighted by Gasteiger charge is -2.21. The highest BCUT2D eigenvalue weighted by Crippen LogP contribution is 2.24. The summed E-state index contributed by atoms with van der Waals surface area (Å²) in [5.74, 6) is -1.05. The van der Waals surface area contributed by atoms with Crippen LogP contribution in [0.5, 0.6) is 5.75 Å². The zero-order valence-electron chi connectivity index (χ0n) is 9.11. The number of carbonyl (C=O) groups is 1. The van der Waals surface area contributed by atoms with Gasteiger partial charge in [0.1, 0.15) is 11.6 Å². The van der Waals surface area contributed by atoms with Crippen molar-refractivity contribution in [3.63, 3.8) is 0 Å². The van der Waals surface area contributed by atoms with Crippen LogP contribution in [0.25, 0.3) is 0 Å². The Balaban J connectivity index is 2.27. The molecule has 1 N–H and O–H groups in total. The summed E-state index contributed by atoms with van der Waals surface area (Å²) in [6.45, 7) is 2.68. The van der Waals surface area contributed by atoms with E-state index in [-0.39, 0.29) is 23.3 Å². The highest BCUT2D eigenvalue weighted by atomic mass is 19.1. The molecule has 1 atom stereocenters. The number of halogens is 1. The molecule has 0 spiro atoms. The first-order valence-corrected chi connectivity index (χ1v) is 5.39. The molecule has 86 valence electrons. The van der Waals surface area contributed by atoms with E-state index >= 15 is 0 Å². The van der Waals surface area contributed by atoms with E-state index in [0.717, 1.165) is 18.9 Å². The topological polar surface area (TPSA) is 40.5 Å². The fraction of sp³-hybridized carbons (Fsp3) is 0.417. The first-order chi connectivity index (χ1) is 7.59. The zero-order valence-corrected chi connectivity index (χ0v) is 9.11. The molecule has 0 saturated carbocycles. The monoisotopic (exact) mass is 223 g/mol. The second-order valence-electron chi connectivity index (χ2n) is 4.15. The van der Waals surface area contributed by atoms with Gasteiger partial charge in [-0.25, -0.2) is 4.39 Å². The van der Waals surface area contributed by atoms with Crippen molar-refractivity contribution in [2.24, 2.45) is 0 Å². The highest BCUT2D eigenvalue weighted by molar-refractivity contribution is 5.97. The number of phenolic OH excluding ortho intramolecular Hbond substituents is 1. The summed E-state index contributed by atoms with van der Waals surface area (Å²) in [6, 6.07) is 3.68. The van der Waals surface area contributed by atoms with Crippen LogP contribution < -0.4 is 0 Å². The Morgan fingerprint density at radius 2 is 2.31 bits per heavy atom. The van der Waals surface area contributed by atoms with Crippen LogP contribution in [-0.4, -0.2) is 28.5 Å². The van der Waals surface area contributed by atoms with Crippen molar-refractivity contribution in [3.05, 3.63) is 29.6 Å². The molecule has 1 saturated heterocycles. The number of hydrogen-bond donors (Lipinski definition) is 1. The second-order valence-corrected chi connectivity index (χ2v) is 4.15. The maximum Gasteiger partial charge on any atom is 0.257 e. The zero-order chi connectivity index (χ0) is 11.7. The summed E-state index contributed by atoms with van der Waals surface area (Å²) in [6.07, 6.45) is 1.96. The van der Waals surface area contributed by atoms with Crippen LogP contribution in [-0.2, 0) is 0 Å². The van der Waals surface area contributed by atoms with Gasteiger partial charge in [-0.3, -0.25) is 4.79 Å². The molecule has 0 radical (unpaired) electrons. The normalized spacial score (nSPS) is 20.1. The van der Waals surface area contributed by atoms with Crippen LogP contribution in [0.2, 0.25) is 0 Å². The molecule has 1 aliphatic heterocycles. The Labute approximate surface area is 93.5 Å². The summed E-state index contributed by atoms with van der Waals surface area (Å²) < 4.78 is 12.8. The van der Waals surface area contributed by atoms with Crippen molar-refractivity contribution >= 4 is 5.91 Å². The van der Waals surface area contributed by atoms with Gasteiger partial charge in [0, 0.05) is 18.7 Å². The minimum absolute atomic E-state index is 0.176. The van der Waals surface area contributed by atoms with Gasteiger partial charge in [0.05, 0.1) is 5.56 Å². The summed E-state index contributed by atoms with van der Waals surface area (Å²) in [7, 11) is 0. The molecule has 16 heavy (non-hydrogen) atoms. The number of rotatable bonds is 1. The third-order valence-corrected chi connectivity index (χ3v) is 3.00. The number of carbonyl (C=O) groups excluding carboxylic acids is 1. The fourth-order valence-electron chi connectivity index (χ4n) is 2.08. The Morgan fingerprint density at radius 1 is 1.56 bits per heavy atom. The largest absolute Gasteiger partial charge is 0.507 e. The number of benzene rings is 1. The van der Waals surface area contributed by atoms with Crippen LogP contribution in [0.3, 0.4) is 0 Å². The summed E-state index contributed by atoms with van der Waals surface area (Å²) >= 11 is 0. The van der Waals surface area contributed by atoms with Gasteiger partial charge < -0.3 is 10.0 Å². The number of amides is 1. The van der Waals surface area contributed by atoms with Gasteiger partial charge in [0.15, 0.2) is 0 Å². The van der Waals surface area contributed by atoms with Crippen molar-refractivity contribution in [1.82, 2.24) is 4.90 Å². The third kappa shape index (κ3) is 1.87. The standard InChI is InChI=1S/C12H14FNO2/c1-8-3-2-6-14(8)12(16)10-5-4-9(13)7-11(10)15/h4-5,7-8,15H,2-3,6H2,1H3. The molecule has 1 aromatic carbocycles. The quantitative estimate of drug-likeness (QED) is 0.792. The summed E-state index contributed by atoms with van der Waals surface area (Å²) in [4.78, 5) is 13.7. The second kappa shape index (κ2) is 4.12. The van der Waals surface area contributed by atoms with Crippen molar-refractivity contribution in [1.29, 1.82) is 0 Å². The third-order valence-electron chi connectivity index (χ3n) is 3.00. The molecule has 1 aromatic rings. The van der Waals surface area contributed by atoms with Crippen molar-refractivity contribution in [2.75, 3.05) is 6.54 Å². The van der Waals surface area contributed by atoms with Crippen LogP contribution in [0.15, 0.2) is 18.2 Å². The maximum atomic E-state index is 12.8. The minimum atomic E-state index is -0.538. The van der Waals surface area contributed by atoms with Gasteiger partial charge in [-0.05, 0) is 31.9 Å². The van der Waals surface area contributed by atoms with E-state index in [1.54, 1.807) is 4.90 Å². The van der Waals surface area contributed by atoms with Crippen LogP contribution >= 0.6 is 0 Å². The Kier molecular flexibility index (Phi) is 2.81. The molecule has 0 aliphatic carbocycles. The van der Waals surface area contributed by atoms with E-state index in [9.17, 15) is 14.3 Å². The smallest absolute Gasteiger partial charge is 0.257 e. The molecule has 1 unspecified atom stereocenters. The number of phenols is 1. The van der Waals surface area contributed by atoms with Gasteiger partial charge in [0.25, 0.3) is 5.91 Å². The van der Waals surface area contributed by atoms with Crippen LogP contribution in [0.4, 0.5) is 4.39 Å². The molecule has 3 nitrogen and oxygen atoms in total. The molecule has 1 heterocycles. The van der Waals surface area contributed by atoms with Gasteiger partial charge in [-0.2, -0.15) is 0 Å². The summed E-state index contributed by atoms with van der Waals surface area (Å²) in [5, 5.41) is 9.52. The average Bonchev–Trinajstić information content (AvgIpc) is 2.63. The number of hydrogen-bond acceptors (Lipinski definition) is 2. The Bertz CT molecular complexity index is 419. The molecule has 1 fully saturated rings. The van der Waals surface area contributed by atoms with E-state index < -0.39 is 5.82 Å². The summed E-state index contributed by atoms with van der Waals surface area (Å²) in [5.41, 5.74) is 0.176. The Morgan fingerprint density at radius 3 is 2.88 bits per heavy atom. The molecule has 0 bridgehead atoms. The Hall–Kier alpha value is -1.58. The van der Waals surface area contributed by atoms with Gasteiger partial charge in [-0.1, -0.05) is 0 Å². The van der Waals surface area contributed by atoms with E-state index in [1.807, 2.05) is 6.92 Å². The van der Waals surface area contributed by atoms with Gasteiger partial charge in [0.2, 0.25) is 0 Å². The van der Waals surface area contributed by atoms with Crippen molar-refractivity contribution in [2.45, 2.75) is 25.8 Å². The van der Waals surface area contributed by atoms with E-state index in [1.165, 1.54) is 12.1 Å². The molecular weight excluding hydrogens is 209 g/mol. The first kappa shape index (κ1) is 10.9. The average molecular weight is 223 g/mol. The number of likely N-dealkylation sites (tertiary alicyclic amines) is 1. The number of nitrogens with zero attached hydrogens (tertiary/aromatic N) is 1. The maximum absolute atomic E-state index is 12.8. The SMILES string of the molecule is CC1CCCN1C(=O)c1ccc(F)cc1O. The lowest BCUT2D eigenvalue weighted by Crippen LogP contribution is -2.33. The predicted molar refractivity (Wildman–Crippen MR) is 57.8 cm³/mol. The van der Waals surface area contributed by atoms with Crippen LogP contribution in [0.1, 0.15) is 30.1 Å². The van der Waals surface area contributed by atoms with Crippen LogP contribution in [0, 0.1) is 5.82 Å². The molecule has 1 amide bonds. The fourth-order valence-corrected chi connectivity index (χ4v) is 2.08. The van der Waals surface area contributed by atoms with E-state index in [4.69, 9.17) is 0 Å². The first-order valence-electron chi connectivity index (χ1n) is 5.39. The van der Waals surface area contributed by atoms with Gasteiger partial charge in [-0.15, -0.1) is 0 Å². The van der Waals surface area contributed by atoms with E-state index in [2.05, 4.69) is 0 Å². The van der Waals surface area contributed by atoms with Gasteiger partial charge >= 0.3 is 0 Å². The lowest BCUT2D eigenvalue weighted by molar-refractivity contribution is 0.0744.